The van der Waals surface area contributed by atoms with Crippen molar-refractivity contribution in [2.75, 3.05) is 13.2 Å². The molecule has 114 valence electrons. The molecule has 0 saturated carbocycles. The maximum atomic E-state index is 12.5. The summed E-state index contributed by atoms with van der Waals surface area (Å²) in [5.74, 6) is 0.786. The van der Waals surface area contributed by atoms with E-state index in [-0.39, 0.29) is 0 Å². The van der Waals surface area contributed by atoms with Gasteiger partial charge in [0.05, 0.1) is 6.10 Å². The molecule has 0 radical (unpaired) electrons. The number of hydrogen-bond acceptors (Lipinski definition) is 2. The Morgan fingerprint density at radius 3 is 2.81 bits per heavy atom. The molecule has 2 fully saturated rings. The second-order valence-electron chi connectivity index (χ2n) is 6.31. The fraction of sp³-hybridized carbons (Fsp3) is 0.611. The van der Waals surface area contributed by atoms with Crippen LogP contribution in [0.3, 0.4) is 0 Å². The van der Waals surface area contributed by atoms with Crippen LogP contribution < -0.4 is 0 Å². The topological polar surface area (TPSA) is 29.5 Å². The highest BCUT2D eigenvalue weighted by Crippen LogP contribution is 2.33. The van der Waals surface area contributed by atoms with Gasteiger partial charge in [-0.15, -0.1) is 0 Å². The van der Waals surface area contributed by atoms with Gasteiger partial charge in [-0.05, 0) is 38.2 Å². The molecular weight excluding hydrogens is 262 g/mol. The van der Waals surface area contributed by atoms with Crippen LogP contribution >= 0.6 is 0 Å². The minimum Gasteiger partial charge on any atom is -0.378 e. The maximum absolute atomic E-state index is 12.5. The van der Waals surface area contributed by atoms with Crippen molar-refractivity contribution in [1.29, 1.82) is 0 Å². The van der Waals surface area contributed by atoms with E-state index >= 15 is 0 Å². The lowest BCUT2D eigenvalue weighted by atomic mass is 9.93. The van der Waals surface area contributed by atoms with Crippen LogP contribution in [-0.4, -0.2) is 36.1 Å². The molecule has 1 aromatic rings. The first-order chi connectivity index (χ1) is 10.3. The minimum atomic E-state index is 0.302. The highest BCUT2D eigenvalue weighted by Gasteiger charge is 2.34. The van der Waals surface area contributed by atoms with Crippen LogP contribution in [0.25, 0.3) is 0 Å². The van der Waals surface area contributed by atoms with Crippen molar-refractivity contribution in [2.45, 2.75) is 57.1 Å². The van der Waals surface area contributed by atoms with E-state index in [2.05, 4.69) is 36.1 Å². The van der Waals surface area contributed by atoms with E-state index in [1.807, 2.05) is 6.07 Å². The van der Waals surface area contributed by atoms with E-state index in [4.69, 9.17) is 4.74 Å². The smallest absolute Gasteiger partial charge is 0.222 e. The first-order valence-corrected chi connectivity index (χ1v) is 8.21. The Bertz CT molecular complexity index is 467. The van der Waals surface area contributed by atoms with Crippen molar-refractivity contribution in [3.8, 4) is 0 Å². The molecule has 1 aromatic carbocycles. The summed E-state index contributed by atoms with van der Waals surface area (Å²) in [5.41, 5.74) is 1.36. The Kier molecular flexibility index (Phi) is 4.59. The van der Waals surface area contributed by atoms with E-state index in [1.165, 1.54) is 5.56 Å². The molecule has 2 heterocycles. The summed E-state index contributed by atoms with van der Waals surface area (Å²) in [7, 11) is 0. The average molecular weight is 287 g/mol. The molecule has 0 unspecified atom stereocenters. The van der Waals surface area contributed by atoms with Gasteiger partial charge in [0.2, 0.25) is 5.91 Å². The first kappa shape index (κ1) is 14.6. The lowest BCUT2D eigenvalue weighted by Gasteiger charge is -2.25. The fourth-order valence-electron chi connectivity index (χ4n) is 3.74. The number of amides is 1. The third-order valence-electron chi connectivity index (χ3n) is 5.01. The quantitative estimate of drug-likeness (QED) is 0.850. The largest absolute Gasteiger partial charge is 0.378 e. The average Bonchev–Trinajstić information content (AvgIpc) is 3.15. The molecule has 2 aliphatic rings. The third kappa shape index (κ3) is 3.29. The number of carbonyl (C=O) groups excluding carboxylic acids is 1. The van der Waals surface area contributed by atoms with Gasteiger partial charge in [0, 0.05) is 31.5 Å². The van der Waals surface area contributed by atoms with Crippen molar-refractivity contribution in [3.63, 3.8) is 0 Å². The van der Waals surface area contributed by atoms with Gasteiger partial charge < -0.3 is 9.64 Å². The van der Waals surface area contributed by atoms with Crippen molar-refractivity contribution in [1.82, 2.24) is 4.90 Å². The summed E-state index contributed by atoms with van der Waals surface area (Å²) in [6.45, 7) is 3.95. The number of likely N-dealkylation sites (tertiary alicyclic amines) is 1. The van der Waals surface area contributed by atoms with Crippen LogP contribution in [-0.2, 0) is 9.53 Å². The van der Waals surface area contributed by atoms with E-state index in [0.29, 0.717) is 30.4 Å². The van der Waals surface area contributed by atoms with Gasteiger partial charge in [-0.25, -0.2) is 0 Å². The Labute approximate surface area is 127 Å². The van der Waals surface area contributed by atoms with E-state index in [0.717, 1.165) is 38.8 Å². The van der Waals surface area contributed by atoms with Gasteiger partial charge in [-0.1, -0.05) is 30.3 Å². The predicted molar refractivity (Wildman–Crippen MR) is 83.2 cm³/mol. The predicted octanol–water partition coefficient (Wildman–Crippen LogP) is 3.35. The molecule has 2 saturated heterocycles. The Morgan fingerprint density at radius 1 is 1.29 bits per heavy atom. The lowest BCUT2D eigenvalue weighted by molar-refractivity contribution is -0.132. The number of carbonyl (C=O) groups is 1. The van der Waals surface area contributed by atoms with Crippen LogP contribution in [0.15, 0.2) is 30.3 Å². The van der Waals surface area contributed by atoms with Crippen molar-refractivity contribution in [2.24, 2.45) is 0 Å². The summed E-state index contributed by atoms with van der Waals surface area (Å²) >= 11 is 0. The van der Waals surface area contributed by atoms with Crippen molar-refractivity contribution in [3.05, 3.63) is 35.9 Å². The van der Waals surface area contributed by atoms with Crippen LogP contribution in [0, 0.1) is 0 Å². The molecule has 1 amide bonds. The Hall–Kier alpha value is -1.35. The minimum absolute atomic E-state index is 0.302. The molecule has 21 heavy (non-hydrogen) atoms. The van der Waals surface area contributed by atoms with E-state index < -0.39 is 0 Å². The number of ether oxygens (including phenoxy) is 1. The highest BCUT2D eigenvalue weighted by atomic mass is 16.5. The van der Waals surface area contributed by atoms with Crippen molar-refractivity contribution < 1.29 is 9.53 Å². The lowest BCUT2D eigenvalue weighted by Crippen LogP contribution is -2.35. The van der Waals surface area contributed by atoms with E-state index in [1.54, 1.807) is 0 Å². The van der Waals surface area contributed by atoms with Crippen molar-refractivity contribution >= 4 is 5.91 Å². The zero-order chi connectivity index (χ0) is 14.7. The third-order valence-corrected chi connectivity index (χ3v) is 5.01. The Morgan fingerprint density at radius 2 is 2.10 bits per heavy atom. The van der Waals surface area contributed by atoms with E-state index in [9.17, 15) is 4.79 Å². The van der Waals surface area contributed by atoms with Crippen LogP contribution in [0.4, 0.5) is 0 Å². The van der Waals surface area contributed by atoms with Gasteiger partial charge >= 0.3 is 0 Å². The van der Waals surface area contributed by atoms with Gasteiger partial charge in [-0.2, -0.15) is 0 Å². The second kappa shape index (κ2) is 6.61. The molecule has 0 bridgehead atoms. The molecular formula is C18H25NO2. The van der Waals surface area contributed by atoms with Crippen LogP contribution in [0.1, 0.15) is 50.5 Å². The molecule has 3 atom stereocenters. The standard InChI is InChI=1S/C18H25NO2/c1-14-17(15-6-3-2-4-7-15)11-12-19(14)18(20)10-9-16-8-5-13-21-16/h2-4,6-7,14,16-17H,5,8-13H2,1H3/t14-,16+,17+/m1/s1. The summed E-state index contributed by atoms with van der Waals surface area (Å²) in [5, 5.41) is 0. The first-order valence-electron chi connectivity index (χ1n) is 8.21. The molecule has 0 spiro atoms. The fourth-order valence-corrected chi connectivity index (χ4v) is 3.74. The number of benzene rings is 1. The maximum Gasteiger partial charge on any atom is 0.222 e. The molecule has 3 heteroatoms. The highest BCUT2D eigenvalue weighted by molar-refractivity contribution is 5.77. The monoisotopic (exact) mass is 287 g/mol. The summed E-state index contributed by atoms with van der Waals surface area (Å²) in [4.78, 5) is 14.5. The second-order valence-corrected chi connectivity index (χ2v) is 6.31. The van der Waals surface area contributed by atoms with Crippen LogP contribution in [0.2, 0.25) is 0 Å². The number of nitrogens with zero attached hydrogens (tertiary/aromatic N) is 1. The molecule has 0 aliphatic carbocycles. The molecule has 0 N–H and O–H groups in total. The molecule has 3 nitrogen and oxygen atoms in total. The number of hydrogen-bond donors (Lipinski definition) is 0. The zero-order valence-corrected chi connectivity index (χ0v) is 12.8. The summed E-state index contributed by atoms with van der Waals surface area (Å²) < 4.78 is 5.61. The Balaban J connectivity index is 1.55. The van der Waals surface area contributed by atoms with Crippen LogP contribution in [0.5, 0.6) is 0 Å². The molecule has 2 aliphatic heterocycles. The zero-order valence-electron chi connectivity index (χ0n) is 12.8. The molecule has 3 rings (SSSR count). The van der Waals surface area contributed by atoms with Gasteiger partial charge in [0.15, 0.2) is 0 Å². The van der Waals surface area contributed by atoms with Gasteiger partial charge in [-0.3, -0.25) is 4.79 Å². The SMILES string of the molecule is C[C@@H]1[C@@H](c2ccccc2)CCN1C(=O)CC[C@@H]1CCCO1. The normalized spacial score (nSPS) is 29.0. The molecule has 0 aromatic heterocycles. The summed E-state index contributed by atoms with van der Waals surface area (Å²) in [6, 6.07) is 10.9. The number of rotatable bonds is 4. The van der Waals surface area contributed by atoms with Gasteiger partial charge in [0.25, 0.3) is 0 Å². The summed E-state index contributed by atoms with van der Waals surface area (Å²) in [6.07, 6.45) is 5.19. The van der Waals surface area contributed by atoms with Gasteiger partial charge in [0.1, 0.15) is 0 Å².